The van der Waals surface area contributed by atoms with Crippen LogP contribution in [0.15, 0.2) is 30.3 Å². The van der Waals surface area contributed by atoms with E-state index >= 15 is 0 Å². The van der Waals surface area contributed by atoms with Crippen LogP contribution in [0.25, 0.3) is 0 Å². The molecule has 4 heteroatoms. The van der Waals surface area contributed by atoms with Crippen molar-refractivity contribution in [1.29, 1.82) is 0 Å². The van der Waals surface area contributed by atoms with Crippen molar-refractivity contribution in [3.63, 3.8) is 0 Å². The average molecular weight is 314 g/mol. The standard InChI is InChI=1S/C19H22O4/c1-19-10-9-17(21)15(16(19)11-18(19)22)8-7-13(20)12-23-14-5-3-2-4-6-14/h2-6,13,15-17,20-21H,9-12H2,1H3/t13-,15-,16-,17-,19+/m0/s1. The van der Waals surface area contributed by atoms with Crippen LogP contribution in [-0.2, 0) is 4.79 Å². The van der Waals surface area contributed by atoms with E-state index in [-0.39, 0.29) is 29.6 Å². The van der Waals surface area contributed by atoms with Gasteiger partial charge in [-0.15, -0.1) is 0 Å². The van der Waals surface area contributed by atoms with Crippen molar-refractivity contribution in [3.8, 4) is 17.6 Å². The normalized spacial score (nSPS) is 33.7. The Hall–Kier alpha value is -1.83. The molecule has 2 fully saturated rings. The van der Waals surface area contributed by atoms with Gasteiger partial charge >= 0.3 is 0 Å². The number of aliphatic hydroxyl groups is 2. The highest BCUT2D eigenvalue weighted by atomic mass is 16.5. The molecule has 1 aromatic rings. The van der Waals surface area contributed by atoms with Gasteiger partial charge in [0.05, 0.1) is 12.0 Å². The molecule has 0 spiro atoms. The van der Waals surface area contributed by atoms with Gasteiger partial charge in [0.15, 0.2) is 0 Å². The van der Waals surface area contributed by atoms with Gasteiger partial charge in [-0.3, -0.25) is 4.79 Å². The third-order valence-corrected chi connectivity index (χ3v) is 5.24. The number of aliphatic hydroxyl groups excluding tert-OH is 2. The molecular weight excluding hydrogens is 292 g/mol. The van der Waals surface area contributed by atoms with Gasteiger partial charge in [0.1, 0.15) is 24.2 Å². The second-order valence-electron chi connectivity index (χ2n) is 6.71. The van der Waals surface area contributed by atoms with Crippen LogP contribution in [0.2, 0.25) is 0 Å². The third kappa shape index (κ3) is 3.12. The van der Waals surface area contributed by atoms with Gasteiger partial charge in [-0.2, -0.15) is 0 Å². The zero-order valence-corrected chi connectivity index (χ0v) is 13.2. The first-order valence-corrected chi connectivity index (χ1v) is 8.09. The van der Waals surface area contributed by atoms with Crippen molar-refractivity contribution in [2.24, 2.45) is 17.3 Å². The lowest BCUT2D eigenvalue weighted by atomic mass is 9.50. The maximum atomic E-state index is 11.8. The fraction of sp³-hybridized carbons (Fsp3) is 0.526. The number of para-hydroxylation sites is 1. The molecule has 1 aromatic carbocycles. The van der Waals surface area contributed by atoms with Crippen molar-refractivity contribution >= 4 is 5.78 Å². The lowest BCUT2D eigenvalue weighted by molar-refractivity contribution is -0.156. The molecule has 2 N–H and O–H groups in total. The minimum Gasteiger partial charge on any atom is -0.490 e. The van der Waals surface area contributed by atoms with E-state index < -0.39 is 12.2 Å². The molecule has 0 unspecified atom stereocenters. The molecule has 0 radical (unpaired) electrons. The molecular formula is C19H22O4. The van der Waals surface area contributed by atoms with Gasteiger partial charge in [-0.05, 0) is 30.9 Å². The van der Waals surface area contributed by atoms with E-state index in [0.29, 0.717) is 18.6 Å². The maximum Gasteiger partial charge on any atom is 0.148 e. The van der Waals surface area contributed by atoms with Crippen LogP contribution in [0, 0.1) is 29.1 Å². The van der Waals surface area contributed by atoms with Crippen LogP contribution in [0.4, 0.5) is 0 Å². The molecule has 2 aliphatic rings. The van der Waals surface area contributed by atoms with Gasteiger partial charge in [0, 0.05) is 11.8 Å². The molecule has 0 aromatic heterocycles. The van der Waals surface area contributed by atoms with Crippen molar-refractivity contribution in [1.82, 2.24) is 0 Å². The Morgan fingerprint density at radius 3 is 2.83 bits per heavy atom. The lowest BCUT2D eigenvalue weighted by Gasteiger charge is -2.52. The van der Waals surface area contributed by atoms with Crippen LogP contribution in [0.5, 0.6) is 5.75 Å². The number of carbonyl (C=O) groups is 1. The van der Waals surface area contributed by atoms with Gasteiger partial charge in [-0.1, -0.05) is 37.0 Å². The average Bonchev–Trinajstić information content (AvgIpc) is 2.57. The number of Topliss-reactive ketones (excluding diaryl/α,β-unsaturated/α-hetero) is 1. The van der Waals surface area contributed by atoms with E-state index in [4.69, 9.17) is 4.74 Å². The minimum atomic E-state index is -0.911. The molecule has 23 heavy (non-hydrogen) atoms. The Labute approximate surface area is 136 Å². The molecule has 0 bridgehead atoms. The summed E-state index contributed by atoms with van der Waals surface area (Å²) in [7, 11) is 0. The molecule has 3 rings (SSSR count). The highest BCUT2D eigenvalue weighted by molar-refractivity contribution is 5.91. The SMILES string of the molecule is C[C@@]12CC[C@H](O)[C@@H](C#C[C@H](O)COc3ccccc3)[C@@H]1CC2=O. The number of hydrogen-bond donors (Lipinski definition) is 2. The predicted octanol–water partition coefficient (Wildman–Crippen LogP) is 1.80. The molecule has 0 amide bonds. The number of hydrogen-bond acceptors (Lipinski definition) is 4. The summed E-state index contributed by atoms with van der Waals surface area (Å²) < 4.78 is 5.46. The Kier molecular flexibility index (Phi) is 4.43. The van der Waals surface area contributed by atoms with Crippen molar-refractivity contribution in [2.45, 2.75) is 38.4 Å². The zero-order chi connectivity index (χ0) is 16.4. The van der Waals surface area contributed by atoms with Gasteiger partial charge < -0.3 is 14.9 Å². The molecule has 0 saturated heterocycles. The molecule has 2 saturated carbocycles. The Morgan fingerprint density at radius 2 is 2.13 bits per heavy atom. The Balaban J connectivity index is 1.60. The summed E-state index contributed by atoms with van der Waals surface area (Å²) in [5.41, 5.74) is -0.329. The van der Waals surface area contributed by atoms with E-state index in [1.165, 1.54) is 0 Å². The summed E-state index contributed by atoms with van der Waals surface area (Å²) in [5.74, 6) is 6.60. The number of fused-ring (bicyclic) bond motifs is 1. The first-order chi connectivity index (χ1) is 11.0. The van der Waals surface area contributed by atoms with Crippen LogP contribution >= 0.6 is 0 Å². The molecule has 122 valence electrons. The first-order valence-electron chi connectivity index (χ1n) is 8.09. The number of ether oxygens (including phenoxy) is 1. The van der Waals surface area contributed by atoms with Crippen LogP contribution in [0.1, 0.15) is 26.2 Å². The predicted molar refractivity (Wildman–Crippen MR) is 85.7 cm³/mol. The molecule has 5 atom stereocenters. The highest BCUT2D eigenvalue weighted by Crippen LogP contribution is 2.54. The summed E-state index contributed by atoms with van der Waals surface area (Å²) in [6.07, 6.45) is 0.385. The summed E-state index contributed by atoms with van der Waals surface area (Å²) in [5, 5.41) is 20.2. The van der Waals surface area contributed by atoms with Gasteiger partial charge in [-0.25, -0.2) is 0 Å². The number of benzene rings is 1. The third-order valence-electron chi connectivity index (χ3n) is 5.24. The van der Waals surface area contributed by atoms with Gasteiger partial charge in [0.25, 0.3) is 0 Å². The lowest BCUT2D eigenvalue weighted by Crippen LogP contribution is -2.56. The maximum absolute atomic E-state index is 11.8. The second kappa shape index (κ2) is 6.35. The number of rotatable bonds is 3. The fourth-order valence-electron chi connectivity index (χ4n) is 3.60. The summed E-state index contributed by atoms with van der Waals surface area (Å²) in [6.45, 7) is 2.06. The second-order valence-corrected chi connectivity index (χ2v) is 6.71. The van der Waals surface area contributed by atoms with Crippen LogP contribution in [0.3, 0.4) is 0 Å². The number of ketones is 1. The molecule has 0 heterocycles. The zero-order valence-electron chi connectivity index (χ0n) is 13.2. The monoisotopic (exact) mass is 314 g/mol. The summed E-state index contributed by atoms with van der Waals surface area (Å²) >= 11 is 0. The van der Waals surface area contributed by atoms with E-state index in [1.807, 2.05) is 37.3 Å². The van der Waals surface area contributed by atoms with Crippen molar-refractivity contribution in [3.05, 3.63) is 30.3 Å². The highest BCUT2D eigenvalue weighted by Gasteiger charge is 2.57. The molecule has 2 aliphatic carbocycles. The largest absolute Gasteiger partial charge is 0.490 e. The van der Waals surface area contributed by atoms with E-state index in [2.05, 4.69) is 11.8 Å². The topological polar surface area (TPSA) is 66.8 Å². The summed E-state index contributed by atoms with van der Waals surface area (Å²) in [6, 6.07) is 9.25. The fourth-order valence-corrected chi connectivity index (χ4v) is 3.60. The van der Waals surface area contributed by atoms with E-state index in [0.717, 1.165) is 6.42 Å². The van der Waals surface area contributed by atoms with Crippen molar-refractivity contribution < 1.29 is 19.7 Å². The summed E-state index contributed by atoms with van der Waals surface area (Å²) in [4.78, 5) is 11.8. The molecule has 0 aliphatic heterocycles. The molecule has 4 nitrogen and oxygen atoms in total. The minimum absolute atomic E-state index is 0.0840. The van der Waals surface area contributed by atoms with Crippen LogP contribution < -0.4 is 4.74 Å². The van der Waals surface area contributed by atoms with E-state index in [1.54, 1.807) is 0 Å². The Bertz CT molecular complexity index is 630. The quantitative estimate of drug-likeness (QED) is 0.835. The smallest absolute Gasteiger partial charge is 0.148 e. The van der Waals surface area contributed by atoms with Crippen molar-refractivity contribution in [2.75, 3.05) is 6.61 Å². The number of carbonyl (C=O) groups excluding carboxylic acids is 1. The van der Waals surface area contributed by atoms with Gasteiger partial charge in [0.2, 0.25) is 0 Å². The Morgan fingerprint density at radius 1 is 1.39 bits per heavy atom. The first kappa shape index (κ1) is 16.0. The van der Waals surface area contributed by atoms with Crippen LogP contribution in [-0.4, -0.2) is 34.8 Å². The van der Waals surface area contributed by atoms with E-state index in [9.17, 15) is 15.0 Å².